The van der Waals surface area contributed by atoms with E-state index in [-0.39, 0.29) is 5.78 Å². The van der Waals surface area contributed by atoms with Crippen molar-refractivity contribution in [3.63, 3.8) is 0 Å². The van der Waals surface area contributed by atoms with E-state index < -0.39 is 7.26 Å². The average Bonchev–Trinajstić information content (AvgIpc) is 2.61. The third-order valence-electron chi connectivity index (χ3n) is 5.17. The first-order valence-corrected chi connectivity index (χ1v) is 10.7. The Balaban J connectivity index is 1.59. The molecule has 1 aromatic heterocycles. The molecule has 1 aromatic carbocycles. The number of carbonyl (C=O) groups is 1. The third kappa shape index (κ3) is 2.24. The van der Waals surface area contributed by atoms with E-state index in [0.29, 0.717) is 5.69 Å². The average molecular weight is 339 g/mol. The van der Waals surface area contributed by atoms with E-state index in [0.717, 1.165) is 44.4 Å². The second-order valence-corrected chi connectivity index (χ2v) is 10.7. The number of hydrogen-bond acceptors (Lipinski definition) is 5. The molecule has 6 heteroatoms. The Hall–Kier alpha value is -1.65. The minimum absolute atomic E-state index is 0.0574. The maximum Gasteiger partial charge on any atom is 0.215 e. The van der Waals surface area contributed by atoms with Crippen molar-refractivity contribution in [2.45, 2.75) is 0 Å². The highest BCUT2D eigenvalue weighted by Gasteiger charge is 2.56. The first kappa shape index (κ1) is 14.7. The Morgan fingerprint density at radius 2 is 1.50 bits per heavy atom. The fraction of sp³-hybridized carbons (Fsp3) is 0.333. The molecule has 5 heterocycles. The fourth-order valence-electron chi connectivity index (χ4n) is 4.48. The van der Waals surface area contributed by atoms with Gasteiger partial charge in [-0.2, -0.15) is 0 Å². The lowest BCUT2D eigenvalue weighted by atomic mass is 10.1. The molecule has 0 amide bonds. The highest BCUT2D eigenvalue weighted by atomic mass is 31.2. The standard InChI is InChI=1S/C18H20N4OP/c23-18(16-6-3-4-8-19-16)15-5-1-2-7-17(15)24-12-20-9-21(13-24)11-22(10-20)14-24/h1-8H,9-14H2/q+1. The molecule has 4 fully saturated rings. The molecule has 0 unspecified atom stereocenters. The molecular formula is C18H20N4OP+. The number of benzene rings is 1. The largest absolute Gasteiger partial charge is 0.287 e. The van der Waals surface area contributed by atoms with E-state index in [2.05, 4.69) is 31.8 Å². The molecule has 4 aliphatic rings. The third-order valence-corrected chi connectivity index (χ3v) is 9.41. The number of pyridine rings is 1. The monoisotopic (exact) mass is 339 g/mol. The van der Waals surface area contributed by atoms with E-state index >= 15 is 0 Å². The SMILES string of the molecule is O=C(c1ccccn1)c1ccccc1[P+]12CN3CN(CN(C3)C1)C2. The number of nitrogens with zero attached hydrogens (tertiary/aromatic N) is 4. The molecule has 0 N–H and O–H groups in total. The van der Waals surface area contributed by atoms with E-state index in [9.17, 15) is 4.79 Å². The Morgan fingerprint density at radius 3 is 2.12 bits per heavy atom. The van der Waals surface area contributed by atoms with Crippen LogP contribution in [0.25, 0.3) is 0 Å². The van der Waals surface area contributed by atoms with Crippen molar-refractivity contribution in [1.29, 1.82) is 0 Å². The van der Waals surface area contributed by atoms with Crippen LogP contribution in [0.2, 0.25) is 0 Å². The molecule has 0 aliphatic carbocycles. The van der Waals surface area contributed by atoms with Crippen molar-refractivity contribution in [3.05, 3.63) is 59.9 Å². The summed E-state index contributed by atoms with van der Waals surface area (Å²) in [7, 11) is -1.38. The van der Waals surface area contributed by atoms with Gasteiger partial charge in [0, 0.05) is 6.20 Å². The summed E-state index contributed by atoms with van der Waals surface area (Å²) in [5.74, 6) is 0.0574. The van der Waals surface area contributed by atoms with Crippen LogP contribution < -0.4 is 5.30 Å². The van der Waals surface area contributed by atoms with Crippen LogP contribution in [0.15, 0.2) is 48.7 Å². The van der Waals surface area contributed by atoms with E-state index in [4.69, 9.17) is 0 Å². The second kappa shape index (κ2) is 5.43. The van der Waals surface area contributed by atoms with Crippen LogP contribution in [0, 0.1) is 0 Å². The summed E-state index contributed by atoms with van der Waals surface area (Å²) in [5.41, 5.74) is 1.40. The highest BCUT2D eigenvalue weighted by molar-refractivity contribution is 7.83. The Kier molecular flexibility index (Phi) is 3.32. The van der Waals surface area contributed by atoms with Gasteiger partial charge in [-0.1, -0.05) is 18.2 Å². The maximum atomic E-state index is 13.1. The zero-order valence-corrected chi connectivity index (χ0v) is 14.4. The molecule has 4 saturated heterocycles. The van der Waals surface area contributed by atoms with Gasteiger partial charge in [0.25, 0.3) is 0 Å². The highest BCUT2D eigenvalue weighted by Crippen LogP contribution is 2.64. The smallest absolute Gasteiger partial charge is 0.215 e. The molecule has 24 heavy (non-hydrogen) atoms. The van der Waals surface area contributed by atoms with Crippen molar-refractivity contribution in [1.82, 2.24) is 19.7 Å². The first-order valence-electron chi connectivity index (χ1n) is 8.32. The van der Waals surface area contributed by atoms with Crippen molar-refractivity contribution < 1.29 is 4.79 Å². The maximum absolute atomic E-state index is 13.1. The van der Waals surface area contributed by atoms with Gasteiger partial charge in [0.05, 0.1) is 32.8 Å². The summed E-state index contributed by atoms with van der Waals surface area (Å²) in [5, 5.41) is 1.29. The molecule has 0 radical (unpaired) electrons. The topological polar surface area (TPSA) is 39.7 Å². The lowest BCUT2D eigenvalue weighted by Gasteiger charge is -2.55. The van der Waals surface area contributed by atoms with E-state index in [1.165, 1.54) is 5.30 Å². The van der Waals surface area contributed by atoms with Gasteiger partial charge >= 0.3 is 0 Å². The molecule has 122 valence electrons. The van der Waals surface area contributed by atoms with Crippen molar-refractivity contribution in [2.75, 3.05) is 38.9 Å². The number of hydrogen-bond donors (Lipinski definition) is 0. The van der Waals surface area contributed by atoms with Gasteiger partial charge in [-0.3, -0.25) is 9.78 Å². The van der Waals surface area contributed by atoms with Crippen LogP contribution in [0.3, 0.4) is 0 Å². The molecule has 0 atom stereocenters. The summed E-state index contributed by atoms with van der Waals surface area (Å²) >= 11 is 0. The van der Waals surface area contributed by atoms with Gasteiger partial charge in [0.15, 0.2) is 0 Å². The van der Waals surface area contributed by atoms with Gasteiger partial charge in [0.1, 0.15) is 29.9 Å². The number of ketones is 1. The summed E-state index contributed by atoms with van der Waals surface area (Å²) in [6.07, 6.45) is 5.13. The predicted molar refractivity (Wildman–Crippen MR) is 95.4 cm³/mol. The molecule has 4 bridgehead atoms. The zero-order chi connectivity index (χ0) is 16.1. The molecule has 6 rings (SSSR count). The molecule has 0 spiro atoms. The van der Waals surface area contributed by atoms with Crippen molar-refractivity contribution in [3.8, 4) is 0 Å². The van der Waals surface area contributed by atoms with Crippen LogP contribution in [0.1, 0.15) is 16.1 Å². The molecule has 4 aliphatic heterocycles. The van der Waals surface area contributed by atoms with Crippen LogP contribution in [0.4, 0.5) is 0 Å². The predicted octanol–water partition coefficient (Wildman–Crippen LogP) is 1.65. The zero-order valence-electron chi connectivity index (χ0n) is 13.5. The molecule has 0 saturated carbocycles. The van der Waals surface area contributed by atoms with Crippen molar-refractivity contribution >= 4 is 18.4 Å². The summed E-state index contributed by atoms with van der Waals surface area (Å²) in [6, 6.07) is 13.8. The molecule has 5 nitrogen and oxygen atoms in total. The number of aromatic nitrogens is 1. The van der Waals surface area contributed by atoms with Gasteiger partial charge in [-0.25, -0.2) is 14.7 Å². The quantitative estimate of drug-likeness (QED) is 0.628. The van der Waals surface area contributed by atoms with Crippen LogP contribution in [0.5, 0.6) is 0 Å². The van der Waals surface area contributed by atoms with Crippen molar-refractivity contribution in [2.24, 2.45) is 0 Å². The Labute approximate surface area is 142 Å². The lowest BCUT2D eigenvalue weighted by Crippen LogP contribution is -2.66. The summed E-state index contributed by atoms with van der Waals surface area (Å²) in [4.78, 5) is 25.0. The van der Waals surface area contributed by atoms with Gasteiger partial charge < -0.3 is 0 Å². The minimum atomic E-state index is -1.38. The minimum Gasteiger partial charge on any atom is -0.287 e. The van der Waals surface area contributed by atoms with Gasteiger partial charge in [-0.05, 0) is 24.3 Å². The van der Waals surface area contributed by atoms with Crippen LogP contribution in [-0.4, -0.2) is 64.3 Å². The fourth-order valence-corrected chi connectivity index (χ4v) is 9.13. The van der Waals surface area contributed by atoms with E-state index in [1.54, 1.807) is 6.20 Å². The second-order valence-electron chi connectivity index (χ2n) is 7.07. The lowest BCUT2D eigenvalue weighted by molar-refractivity contribution is -0.0269. The summed E-state index contributed by atoms with van der Waals surface area (Å²) in [6.45, 7) is 3.23. The van der Waals surface area contributed by atoms with Crippen LogP contribution in [-0.2, 0) is 0 Å². The van der Waals surface area contributed by atoms with Gasteiger partial charge in [-0.15, -0.1) is 0 Å². The van der Waals surface area contributed by atoms with Crippen LogP contribution >= 0.6 is 7.26 Å². The number of rotatable bonds is 3. The Morgan fingerprint density at radius 1 is 0.875 bits per heavy atom. The Bertz CT molecular complexity index is 759. The normalized spacial score (nSPS) is 33.6. The molecular weight excluding hydrogens is 319 g/mol. The number of carbonyl (C=O) groups excluding carboxylic acids is 1. The van der Waals surface area contributed by atoms with E-state index in [1.807, 2.05) is 30.3 Å². The first-order chi connectivity index (χ1) is 11.7. The molecule has 2 aromatic rings. The summed E-state index contributed by atoms with van der Waals surface area (Å²) < 4.78 is 0. The van der Waals surface area contributed by atoms with Gasteiger partial charge in [0.2, 0.25) is 5.78 Å².